The van der Waals surface area contributed by atoms with E-state index in [1.165, 1.54) is 7.11 Å². The predicted molar refractivity (Wildman–Crippen MR) is 78.0 cm³/mol. The largest absolute Gasteiger partial charge is 0.504 e. The maximum absolute atomic E-state index is 9.74. The van der Waals surface area contributed by atoms with Crippen molar-refractivity contribution in [1.29, 1.82) is 0 Å². The third kappa shape index (κ3) is 2.36. The minimum atomic E-state index is -0.131. The van der Waals surface area contributed by atoms with Crippen LogP contribution in [-0.2, 0) is 6.42 Å². The number of phenolic OH excluding ortho intramolecular Hbond substituents is 3. The van der Waals surface area contributed by atoms with Crippen LogP contribution >= 0.6 is 0 Å². The van der Waals surface area contributed by atoms with Gasteiger partial charge < -0.3 is 25.4 Å². The third-order valence-electron chi connectivity index (χ3n) is 3.83. The van der Waals surface area contributed by atoms with Gasteiger partial charge in [0.25, 0.3) is 0 Å². The quantitative estimate of drug-likeness (QED) is 0.636. The van der Waals surface area contributed by atoms with Gasteiger partial charge in [0.2, 0.25) is 0 Å². The number of ether oxygens (including phenoxy) is 1. The lowest BCUT2D eigenvalue weighted by Gasteiger charge is -2.28. The van der Waals surface area contributed by atoms with Crippen LogP contribution in [0.4, 0.5) is 0 Å². The Morgan fingerprint density at radius 1 is 1.05 bits per heavy atom. The van der Waals surface area contributed by atoms with E-state index >= 15 is 0 Å². The molecule has 0 aromatic heterocycles. The number of methoxy groups -OCH3 is 1. The van der Waals surface area contributed by atoms with E-state index in [-0.39, 0.29) is 23.3 Å². The fraction of sp³-hybridized carbons (Fsp3) is 0.250. The zero-order chi connectivity index (χ0) is 15.0. The van der Waals surface area contributed by atoms with Crippen LogP contribution in [0.15, 0.2) is 30.3 Å². The average Bonchev–Trinajstić information content (AvgIpc) is 2.48. The second-order valence-corrected chi connectivity index (χ2v) is 5.11. The number of hydrogen-bond acceptors (Lipinski definition) is 5. The van der Waals surface area contributed by atoms with Crippen molar-refractivity contribution in [3.8, 4) is 23.0 Å². The summed E-state index contributed by atoms with van der Waals surface area (Å²) in [5.74, 6) is 0.265. The van der Waals surface area contributed by atoms with Gasteiger partial charge in [-0.2, -0.15) is 0 Å². The van der Waals surface area contributed by atoms with E-state index in [4.69, 9.17) is 4.74 Å². The molecule has 21 heavy (non-hydrogen) atoms. The lowest BCUT2D eigenvalue weighted by Crippen LogP contribution is -2.30. The SMILES string of the molecule is COc1cc([C@H]2NCCc3cc(O)c(O)cc32)ccc1O. The highest BCUT2D eigenvalue weighted by atomic mass is 16.5. The zero-order valence-corrected chi connectivity index (χ0v) is 11.6. The van der Waals surface area contributed by atoms with Crippen LogP contribution in [0.3, 0.4) is 0 Å². The molecule has 1 atom stereocenters. The van der Waals surface area contributed by atoms with Crippen LogP contribution in [-0.4, -0.2) is 29.0 Å². The minimum Gasteiger partial charge on any atom is -0.504 e. The lowest BCUT2D eigenvalue weighted by atomic mass is 9.89. The lowest BCUT2D eigenvalue weighted by molar-refractivity contribution is 0.372. The van der Waals surface area contributed by atoms with E-state index in [0.29, 0.717) is 5.75 Å². The first-order valence-corrected chi connectivity index (χ1v) is 6.75. The molecule has 0 unspecified atom stereocenters. The number of aromatic hydroxyl groups is 3. The Kier molecular flexibility index (Phi) is 3.35. The Bertz CT molecular complexity index is 684. The van der Waals surface area contributed by atoms with Gasteiger partial charge in [-0.05, 0) is 47.4 Å². The van der Waals surface area contributed by atoms with Gasteiger partial charge in [0.15, 0.2) is 23.0 Å². The Morgan fingerprint density at radius 2 is 1.81 bits per heavy atom. The van der Waals surface area contributed by atoms with Crippen molar-refractivity contribution >= 4 is 0 Å². The fourth-order valence-corrected chi connectivity index (χ4v) is 2.75. The average molecular weight is 287 g/mol. The molecule has 5 heteroatoms. The van der Waals surface area contributed by atoms with Gasteiger partial charge in [-0.1, -0.05) is 6.07 Å². The summed E-state index contributed by atoms with van der Waals surface area (Å²) in [6.45, 7) is 0.769. The van der Waals surface area contributed by atoms with Gasteiger partial charge >= 0.3 is 0 Å². The van der Waals surface area contributed by atoms with Crippen LogP contribution in [0.1, 0.15) is 22.7 Å². The Balaban J connectivity index is 2.07. The highest BCUT2D eigenvalue weighted by Crippen LogP contribution is 2.38. The first-order chi connectivity index (χ1) is 10.1. The normalized spacial score (nSPS) is 17.3. The first kappa shape index (κ1) is 13.6. The van der Waals surface area contributed by atoms with Gasteiger partial charge in [0.1, 0.15) is 0 Å². The predicted octanol–water partition coefficient (Wildman–Crippen LogP) is 2.05. The van der Waals surface area contributed by atoms with Crippen molar-refractivity contribution < 1.29 is 20.1 Å². The van der Waals surface area contributed by atoms with Crippen molar-refractivity contribution in [2.24, 2.45) is 0 Å². The van der Waals surface area contributed by atoms with Gasteiger partial charge in [-0.3, -0.25) is 0 Å². The second kappa shape index (κ2) is 5.18. The fourth-order valence-electron chi connectivity index (χ4n) is 2.75. The number of nitrogens with one attached hydrogen (secondary N) is 1. The molecule has 0 saturated heterocycles. The topological polar surface area (TPSA) is 82.0 Å². The van der Waals surface area contributed by atoms with E-state index in [1.54, 1.807) is 24.3 Å². The molecule has 1 aliphatic rings. The Hall–Kier alpha value is -2.40. The van der Waals surface area contributed by atoms with Crippen molar-refractivity contribution in [3.63, 3.8) is 0 Å². The standard InChI is InChI=1S/C16H17NO4/c1-21-15-7-10(2-3-12(15)18)16-11-8-14(20)13(19)6-9(11)4-5-17-16/h2-3,6-8,16-20H,4-5H2,1H3/t16-/m1/s1. The molecule has 0 aliphatic carbocycles. The smallest absolute Gasteiger partial charge is 0.160 e. The molecule has 0 amide bonds. The van der Waals surface area contributed by atoms with Gasteiger partial charge in [-0.25, -0.2) is 0 Å². The van der Waals surface area contributed by atoms with Crippen molar-refractivity contribution in [3.05, 3.63) is 47.0 Å². The molecule has 1 heterocycles. The summed E-state index contributed by atoms with van der Waals surface area (Å²) in [6, 6.07) is 8.25. The van der Waals surface area contributed by atoms with Gasteiger partial charge in [0, 0.05) is 6.54 Å². The Labute approximate surface area is 122 Å². The minimum absolute atomic E-state index is 0.0887. The second-order valence-electron chi connectivity index (χ2n) is 5.11. The maximum atomic E-state index is 9.74. The maximum Gasteiger partial charge on any atom is 0.160 e. The highest BCUT2D eigenvalue weighted by molar-refractivity contribution is 5.52. The molecule has 4 N–H and O–H groups in total. The monoisotopic (exact) mass is 287 g/mol. The summed E-state index contributed by atoms with van der Waals surface area (Å²) in [7, 11) is 1.50. The first-order valence-electron chi connectivity index (χ1n) is 6.75. The van der Waals surface area contributed by atoms with Crippen LogP contribution in [0, 0.1) is 0 Å². The van der Waals surface area contributed by atoms with Crippen LogP contribution in [0.5, 0.6) is 23.0 Å². The molecular weight excluding hydrogens is 270 g/mol. The zero-order valence-electron chi connectivity index (χ0n) is 11.6. The van der Waals surface area contributed by atoms with E-state index in [0.717, 1.165) is 29.7 Å². The van der Waals surface area contributed by atoms with Crippen molar-refractivity contribution in [2.75, 3.05) is 13.7 Å². The third-order valence-corrected chi connectivity index (χ3v) is 3.83. The summed E-state index contributed by atoms with van der Waals surface area (Å²) in [6.07, 6.45) is 0.787. The van der Waals surface area contributed by atoms with E-state index in [9.17, 15) is 15.3 Å². The molecule has 3 rings (SSSR count). The molecule has 5 nitrogen and oxygen atoms in total. The van der Waals surface area contributed by atoms with E-state index in [1.807, 2.05) is 6.07 Å². The molecule has 0 radical (unpaired) electrons. The Morgan fingerprint density at radius 3 is 2.57 bits per heavy atom. The molecule has 0 spiro atoms. The number of phenols is 3. The molecule has 0 bridgehead atoms. The molecule has 0 fully saturated rings. The molecule has 0 saturated carbocycles. The summed E-state index contributed by atoms with van der Waals surface area (Å²) in [5.41, 5.74) is 2.85. The number of hydrogen-bond donors (Lipinski definition) is 4. The van der Waals surface area contributed by atoms with Crippen molar-refractivity contribution in [2.45, 2.75) is 12.5 Å². The number of benzene rings is 2. The molecule has 1 aliphatic heterocycles. The molecule has 2 aromatic rings. The van der Waals surface area contributed by atoms with Crippen LogP contribution in [0.2, 0.25) is 0 Å². The van der Waals surface area contributed by atoms with E-state index < -0.39 is 0 Å². The molecular formula is C16H17NO4. The summed E-state index contributed by atoms with van der Waals surface area (Å²) in [5, 5.41) is 32.4. The number of rotatable bonds is 2. The van der Waals surface area contributed by atoms with Crippen molar-refractivity contribution in [1.82, 2.24) is 5.32 Å². The van der Waals surface area contributed by atoms with E-state index in [2.05, 4.69) is 5.32 Å². The van der Waals surface area contributed by atoms with Crippen LogP contribution < -0.4 is 10.1 Å². The molecule has 2 aromatic carbocycles. The highest BCUT2D eigenvalue weighted by Gasteiger charge is 2.24. The van der Waals surface area contributed by atoms with Crippen LogP contribution in [0.25, 0.3) is 0 Å². The van der Waals surface area contributed by atoms with Gasteiger partial charge in [0.05, 0.1) is 13.2 Å². The summed E-state index contributed by atoms with van der Waals surface area (Å²) in [4.78, 5) is 0. The summed E-state index contributed by atoms with van der Waals surface area (Å²) >= 11 is 0. The number of fused-ring (bicyclic) bond motifs is 1. The molecule has 110 valence electrons. The summed E-state index contributed by atoms with van der Waals surface area (Å²) < 4.78 is 5.14. The van der Waals surface area contributed by atoms with Gasteiger partial charge in [-0.15, -0.1) is 0 Å².